The Kier molecular flexibility index (Phi) is 3.99. The molecule has 0 saturated heterocycles. The van der Waals surface area contributed by atoms with Crippen LogP contribution in [0.15, 0.2) is 40.6 Å². The Bertz CT molecular complexity index is 516. The third-order valence-electron chi connectivity index (χ3n) is 2.19. The van der Waals surface area contributed by atoms with Gasteiger partial charge in [-0.2, -0.15) is 0 Å². The molecule has 1 heterocycles. The maximum Gasteiger partial charge on any atom is 0.192 e. The molecular weight excluding hydrogens is 256 g/mol. The van der Waals surface area contributed by atoms with Crippen molar-refractivity contribution in [1.82, 2.24) is 9.97 Å². The topological polar surface area (TPSA) is 46.0 Å². The summed E-state index contributed by atoms with van der Waals surface area (Å²) in [6.45, 7) is 1.85. The molecule has 5 heteroatoms. The number of aliphatic hydroxyl groups excluding tert-OH is 1. The van der Waals surface area contributed by atoms with Crippen LogP contribution in [0.3, 0.4) is 0 Å². The van der Waals surface area contributed by atoms with Crippen molar-refractivity contribution >= 4 is 23.4 Å². The lowest BCUT2D eigenvalue weighted by molar-refractivity contribution is 0.279. The van der Waals surface area contributed by atoms with Gasteiger partial charge < -0.3 is 5.11 Å². The average Bonchev–Trinajstić information content (AvgIpc) is 2.32. The SMILES string of the molecule is Cc1cnc(Sc2cccc(Cl)c2CO)nc1. The Hall–Kier alpha value is -1.10. The Morgan fingerprint density at radius 2 is 2.00 bits per heavy atom. The van der Waals surface area contributed by atoms with E-state index in [0.717, 1.165) is 10.5 Å². The summed E-state index contributed by atoms with van der Waals surface area (Å²) in [6, 6.07) is 5.50. The molecule has 0 aliphatic carbocycles. The average molecular weight is 267 g/mol. The van der Waals surface area contributed by atoms with E-state index in [9.17, 15) is 5.11 Å². The number of aromatic nitrogens is 2. The second kappa shape index (κ2) is 5.49. The van der Waals surface area contributed by atoms with Crippen LogP contribution in [-0.4, -0.2) is 15.1 Å². The van der Waals surface area contributed by atoms with E-state index < -0.39 is 0 Å². The quantitative estimate of drug-likeness (QED) is 0.868. The van der Waals surface area contributed by atoms with Gasteiger partial charge in [0.15, 0.2) is 5.16 Å². The van der Waals surface area contributed by atoms with Gasteiger partial charge in [-0.15, -0.1) is 0 Å². The highest BCUT2D eigenvalue weighted by Gasteiger charge is 2.08. The largest absolute Gasteiger partial charge is 0.392 e. The summed E-state index contributed by atoms with van der Waals surface area (Å²) in [6.07, 6.45) is 3.52. The van der Waals surface area contributed by atoms with Crippen molar-refractivity contribution in [2.24, 2.45) is 0 Å². The number of halogens is 1. The van der Waals surface area contributed by atoms with Gasteiger partial charge in [-0.1, -0.05) is 17.7 Å². The van der Waals surface area contributed by atoms with E-state index in [0.29, 0.717) is 15.7 Å². The first-order valence-corrected chi connectivity index (χ1v) is 6.25. The summed E-state index contributed by atoms with van der Waals surface area (Å²) < 4.78 is 0. The number of rotatable bonds is 3. The van der Waals surface area contributed by atoms with Gasteiger partial charge in [0.25, 0.3) is 0 Å². The lowest BCUT2D eigenvalue weighted by atomic mass is 10.2. The Morgan fingerprint density at radius 3 is 2.65 bits per heavy atom. The second-order valence-electron chi connectivity index (χ2n) is 3.52. The molecule has 0 aliphatic heterocycles. The van der Waals surface area contributed by atoms with E-state index in [-0.39, 0.29) is 6.61 Å². The molecule has 0 radical (unpaired) electrons. The lowest BCUT2D eigenvalue weighted by Crippen LogP contribution is -1.91. The highest BCUT2D eigenvalue weighted by atomic mass is 35.5. The molecule has 2 rings (SSSR count). The van der Waals surface area contributed by atoms with E-state index in [1.165, 1.54) is 11.8 Å². The van der Waals surface area contributed by atoms with Crippen molar-refractivity contribution in [3.05, 3.63) is 46.7 Å². The Morgan fingerprint density at radius 1 is 1.29 bits per heavy atom. The minimum Gasteiger partial charge on any atom is -0.392 e. The zero-order valence-electron chi connectivity index (χ0n) is 9.22. The zero-order chi connectivity index (χ0) is 12.3. The van der Waals surface area contributed by atoms with Crippen molar-refractivity contribution in [3.8, 4) is 0 Å². The van der Waals surface area contributed by atoms with Crippen LogP contribution >= 0.6 is 23.4 Å². The van der Waals surface area contributed by atoms with Gasteiger partial charge in [0.2, 0.25) is 0 Å². The summed E-state index contributed by atoms with van der Waals surface area (Å²) >= 11 is 7.40. The fourth-order valence-electron chi connectivity index (χ4n) is 1.32. The van der Waals surface area contributed by atoms with Gasteiger partial charge in [-0.3, -0.25) is 0 Å². The summed E-state index contributed by atoms with van der Waals surface area (Å²) in [7, 11) is 0. The van der Waals surface area contributed by atoms with E-state index in [1.54, 1.807) is 18.5 Å². The molecule has 0 aliphatic rings. The van der Waals surface area contributed by atoms with Gasteiger partial charge in [-0.25, -0.2) is 9.97 Å². The highest BCUT2D eigenvalue weighted by molar-refractivity contribution is 7.99. The van der Waals surface area contributed by atoms with E-state index in [4.69, 9.17) is 11.6 Å². The normalized spacial score (nSPS) is 10.5. The maximum absolute atomic E-state index is 9.28. The molecule has 0 saturated carbocycles. The molecule has 0 atom stereocenters. The first-order chi connectivity index (χ1) is 8.20. The fraction of sp³-hybridized carbons (Fsp3) is 0.167. The molecule has 0 unspecified atom stereocenters. The van der Waals surface area contributed by atoms with Gasteiger partial charge >= 0.3 is 0 Å². The number of nitrogens with zero attached hydrogens (tertiary/aromatic N) is 2. The molecule has 1 aromatic carbocycles. The Labute approximate surface area is 109 Å². The molecule has 2 aromatic rings. The number of aliphatic hydroxyl groups is 1. The van der Waals surface area contributed by atoms with Crippen LogP contribution in [0.5, 0.6) is 0 Å². The number of hydrogen-bond acceptors (Lipinski definition) is 4. The van der Waals surface area contributed by atoms with Crippen molar-refractivity contribution in [1.29, 1.82) is 0 Å². The van der Waals surface area contributed by atoms with E-state index in [1.807, 2.05) is 19.1 Å². The van der Waals surface area contributed by atoms with E-state index in [2.05, 4.69) is 9.97 Å². The van der Waals surface area contributed by atoms with Crippen LogP contribution in [0.25, 0.3) is 0 Å². The van der Waals surface area contributed by atoms with Crippen LogP contribution in [0.2, 0.25) is 5.02 Å². The molecule has 1 N–H and O–H groups in total. The van der Waals surface area contributed by atoms with Crippen molar-refractivity contribution in [2.45, 2.75) is 23.6 Å². The molecular formula is C12H11ClN2OS. The maximum atomic E-state index is 9.28. The highest BCUT2D eigenvalue weighted by Crippen LogP contribution is 2.31. The second-order valence-corrected chi connectivity index (χ2v) is 4.94. The van der Waals surface area contributed by atoms with Crippen LogP contribution in [0.4, 0.5) is 0 Å². The smallest absolute Gasteiger partial charge is 0.192 e. The molecule has 1 aromatic heterocycles. The predicted octanol–water partition coefficient (Wildman–Crippen LogP) is 3.08. The van der Waals surface area contributed by atoms with Crippen molar-refractivity contribution < 1.29 is 5.11 Å². The summed E-state index contributed by atoms with van der Waals surface area (Å²) in [5, 5.41) is 10.5. The summed E-state index contributed by atoms with van der Waals surface area (Å²) in [4.78, 5) is 9.29. The van der Waals surface area contributed by atoms with Crippen molar-refractivity contribution in [2.75, 3.05) is 0 Å². The fourth-order valence-corrected chi connectivity index (χ4v) is 2.46. The predicted molar refractivity (Wildman–Crippen MR) is 68.3 cm³/mol. The summed E-state index contributed by atoms with van der Waals surface area (Å²) in [5.41, 5.74) is 1.73. The zero-order valence-corrected chi connectivity index (χ0v) is 10.8. The molecule has 17 heavy (non-hydrogen) atoms. The van der Waals surface area contributed by atoms with Crippen LogP contribution in [0, 0.1) is 6.92 Å². The summed E-state index contributed by atoms with van der Waals surface area (Å²) in [5.74, 6) is 0. The molecule has 0 fully saturated rings. The van der Waals surface area contributed by atoms with Crippen molar-refractivity contribution in [3.63, 3.8) is 0 Å². The van der Waals surface area contributed by atoms with Crippen LogP contribution < -0.4 is 0 Å². The Balaban J connectivity index is 2.29. The lowest BCUT2D eigenvalue weighted by Gasteiger charge is -2.07. The minimum atomic E-state index is -0.0894. The molecule has 88 valence electrons. The van der Waals surface area contributed by atoms with Gasteiger partial charge in [0, 0.05) is 27.9 Å². The third kappa shape index (κ3) is 2.97. The van der Waals surface area contributed by atoms with Gasteiger partial charge in [0.1, 0.15) is 0 Å². The number of aryl methyl sites for hydroxylation is 1. The van der Waals surface area contributed by atoms with Gasteiger partial charge in [0.05, 0.1) is 6.61 Å². The molecule has 3 nitrogen and oxygen atoms in total. The first kappa shape index (κ1) is 12.4. The number of hydrogen-bond donors (Lipinski definition) is 1. The minimum absolute atomic E-state index is 0.0894. The first-order valence-electron chi connectivity index (χ1n) is 5.05. The number of benzene rings is 1. The molecule has 0 bridgehead atoms. The standard InChI is InChI=1S/C12H11ClN2OS/c1-8-5-14-12(15-6-8)17-11-4-2-3-10(13)9(11)7-16/h2-6,16H,7H2,1H3. The molecule has 0 spiro atoms. The molecule has 0 amide bonds. The van der Waals surface area contributed by atoms with E-state index >= 15 is 0 Å². The van der Waals surface area contributed by atoms with Crippen LogP contribution in [-0.2, 0) is 6.61 Å². The monoisotopic (exact) mass is 266 g/mol. The van der Waals surface area contributed by atoms with Crippen LogP contribution in [0.1, 0.15) is 11.1 Å². The van der Waals surface area contributed by atoms with Gasteiger partial charge in [-0.05, 0) is 36.4 Å². The third-order valence-corrected chi connectivity index (χ3v) is 3.54.